The van der Waals surface area contributed by atoms with Gasteiger partial charge in [0.2, 0.25) is 0 Å². The van der Waals surface area contributed by atoms with Gasteiger partial charge in [0, 0.05) is 12.2 Å². The van der Waals surface area contributed by atoms with Crippen molar-refractivity contribution in [3.05, 3.63) is 65.5 Å². The summed E-state index contributed by atoms with van der Waals surface area (Å²) in [4.78, 5) is 11.9. The Morgan fingerprint density at radius 3 is 2.60 bits per heavy atom. The first-order valence-corrected chi connectivity index (χ1v) is 6.54. The third-order valence-corrected chi connectivity index (χ3v) is 3.03. The number of nitrogens with two attached hydrogens (primary N) is 1. The predicted molar refractivity (Wildman–Crippen MR) is 77.9 cm³/mol. The van der Waals surface area contributed by atoms with Crippen LogP contribution in [0, 0.1) is 5.82 Å². The molecule has 0 heterocycles. The Balaban J connectivity index is 1.80. The average molecular weight is 272 g/mol. The summed E-state index contributed by atoms with van der Waals surface area (Å²) >= 11 is 0. The summed E-state index contributed by atoms with van der Waals surface area (Å²) in [5.41, 5.74) is 7.32. The van der Waals surface area contributed by atoms with Crippen molar-refractivity contribution in [3.63, 3.8) is 0 Å². The Hall–Kier alpha value is -2.36. The Kier molecular flexibility index (Phi) is 4.71. The maximum atomic E-state index is 12.9. The smallest absolute Gasteiger partial charge is 0.253 e. The summed E-state index contributed by atoms with van der Waals surface area (Å²) in [6.07, 6.45) is 1.75. The van der Waals surface area contributed by atoms with Crippen LogP contribution in [0.15, 0.2) is 48.5 Å². The molecule has 2 aromatic carbocycles. The van der Waals surface area contributed by atoms with Crippen molar-refractivity contribution < 1.29 is 9.18 Å². The van der Waals surface area contributed by atoms with Crippen LogP contribution in [0.5, 0.6) is 0 Å². The highest BCUT2D eigenvalue weighted by atomic mass is 19.1. The minimum Gasteiger partial charge on any atom is -0.398 e. The van der Waals surface area contributed by atoms with Gasteiger partial charge in [0.1, 0.15) is 5.82 Å². The fraction of sp³-hybridized carbons (Fsp3) is 0.188. The van der Waals surface area contributed by atoms with Crippen LogP contribution in [0.3, 0.4) is 0 Å². The number of aryl methyl sites for hydroxylation is 1. The van der Waals surface area contributed by atoms with Crippen molar-refractivity contribution in [2.45, 2.75) is 12.8 Å². The molecule has 20 heavy (non-hydrogen) atoms. The number of benzene rings is 2. The van der Waals surface area contributed by atoms with Gasteiger partial charge in [-0.2, -0.15) is 0 Å². The lowest BCUT2D eigenvalue weighted by Crippen LogP contribution is -2.25. The Morgan fingerprint density at radius 1 is 1.15 bits per heavy atom. The van der Waals surface area contributed by atoms with Crippen LogP contribution in [0.2, 0.25) is 0 Å². The average Bonchev–Trinajstić information content (AvgIpc) is 2.44. The van der Waals surface area contributed by atoms with E-state index in [1.54, 1.807) is 0 Å². The molecule has 0 aliphatic carbocycles. The molecule has 2 rings (SSSR count). The van der Waals surface area contributed by atoms with Crippen molar-refractivity contribution in [1.29, 1.82) is 0 Å². The number of carbonyl (C=O) groups is 1. The van der Waals surface area contributed by atoms with Gasteiger partial charge in [0.15, 0.2) is 0 Å². The molecule has 4 heteroatoms. The van der Waals surface area contributed by atoms with E-state index in [4.69, 9.17) is 5.73 Å². The van der Waals surface area contributed by atoms with Gasteiger partial charge in [0.25, 0.3) is 5.91 Å². The van der Waals surface area contributed by atoms with Gasteiger partial charge in [-0.1, -0.05) is 30.3 Å². The van der Waals surface area contributed by atoms with Crippen molar-refractivity contribution >= 4 is 11.6 Å². The molecule has 0 unspecified atom stereocenters. The first-order valence-electron chi connectivity index (χ1n) is 6.54. The zero-order chi connectivity index (χ0) is 14.4. The second-order valence-corrected chi connectivity index (χ2v) is 4.58. The molecule has 0 aromatic heterocycles. The Morgan fingerprint density at radius 2 is 1.90 bits per heavy atom. The summed E-state index contributed by atoms with van der Waals surface area (Å²) in [5, 5.41) is 2.79. The molecule has 0 saturated carbocycles. The zero-order valence-electron chi connectivity index (χ0n) is 11.1. The zero-order valence-corrected chi connectivity index (χ0v) is 11.1. The van der Waals surface area contributed by atoms with Gasteiger partial charge in [0.05, 0.1) is 5.56 Å². The fourth-order valence-corrected chi connectivity index (χ4v) is 1.97. The van der Waals surface area contributed by atoms with Crippen molar-refractivity contribution in [2.75, 3.05) is 12.3 Å². The van der Waals surface area contributed by atoms with Crippen molar-refractivity contribution in [1.82, 2.24) is 5.32 Å². The van der Waals surface area contributed by atoms with Crippen LogP contribution < -0.4 is 11.1 Å². The van der Waals surface area contributed by atoms with Gasteiger partial charge in [-0.3, -0.25) is 4.79 Å². The number of amides is 1. The minimum absolute atomic E-state index is 0.158. The highest BCUT2D eigenvalue weighted by molar-refractivity contribution is 5.99. The summed E-state index contributed by atoms with van der Waals surface area (Å²) in [6, 6.07) is 13.9. The van der Waals surface area contributed by atoms with E-state index in [0.29, 0.717) is 12.1 Å². The standard InChI is InChI=1S/C16H17FN2O/c17-13-8-9-14(15(18)11-13)16(20)19-10-4-7-12-5-2-1-3-6-12/h1-3,5-6,8-9,11H,4,7,10,18H2,(H,19,20). The monoisotopic (exact) mass is 272 g/mol. The predicted octanol–water partition coefficient (Wildman–Crippen LogP) is 2.77. The lowest BCUT2D eigenvalue weighted by atomic mass is 10.1. The van der Waals surface area contributed by atoms with E-state index >= 15 is 0 Å². The van der Waals surface area contributed by atoms with Crippen LogP contribution >= 0.6 is 0 Å². The second kappa shape index (κ2) is 6.70. The molecule has 2 aromatic rings. The molecule has 1 amide bonds. The first kappa shape index (κ1) is 14.1. The molecule has 3 nitrogen and oxygen atoms in total. The molecule has 0 bridgehead atoms. The van der Waals surface area contributed by atoms with E-state index in [1.807, 2.05) is 18.2 Å². The number of halogens is 1. The van der Waals surface area contributed by atoms with E-state index in [1.165, 1.54) is 17.7 Å². The van der Waals surface area contributed by atoms with E-state index < -0.39 is 5.82 Å². The first-order chi connectivity index (χ1) is 9.66. The number of nitrogen functional groups attached to an aromatic ring is 1. The lowest BCUT2D eigenvalue weighted by Gasteiger charge is -2.07. The van der Waals surface area contributed by atoms with E-state index in [0.717, 1.165) is 18.9 Å². The van der Waals surface area contributed by atoms with Gasteiger partial charge >= 0.3 is 0 Å². The highest BCUT2D eigenvalue weighted by Crippen LogP contribution is 2.13. The van der Waals surface area contributed by atoms with Crippen LogP contribution in [-0.2, 0) is 6.42 Å². The quantitative estimate of drug-likeness (QED) is 0.649. The number of rotatable bonds is 5. The lowest BCUT2D eigenvalue weighted by molar-refractivity contribution is 0.0954. The second-order valence-electron chi connectivity index (χ2n) is 4.58. The molecule has 0 radical (unpaired) electrons. The Bertz CT molecular complexity index is 584. The number of hydrogen-bond donors (Lipinski definition) is 2. The maximum absolute atomic E-state index is 12.9. The van der Waals surface area contributed by atoms with Crippen LogP contribution in [0.1, 0.15) is 22.3 Å². The molecule has 0 saturated heterocycles. The number of anilines is 1. The molecule has 0 aliphatic rings. The summed E-state index contributed by atoms with van der Waals surface area (Å²) < 4.78 is 12.9. The van der Waals surface area contributed by atoms with Crippen LogP contribution in [-0.4, -0.2) is 12.5 Å². The SMILES string of the molecule is Nc1cc(F)ccc1C(=O)NCCCc1ccccc1. The molecule has 3 N–H and O–H groups in total. The summed E-state index contributed by atoms with van der Waals surface area (Å²) in [5.74, 6) is -0.710. The van der Waals surface area contributed by atoms with Crippen LogP contribution in [0.25, 0.3) is 0 Å². The molecular formula is C16H17FN2O. The van der Waals surface area contributed by atoms with Crippen LogP contribution in [0.4, 0.5) is 10.1 Å². The van der Waals surface area contributed by atoms with Crippen molar-refractivity contribution in [2.24, 2.45) is 0 Å². The number of hydrogen-bond acceptors (Lipinski definition) is 2. The Labute approximate surface area is 117 Å². The van der Waals surface area contributed by atoms with E-state index in [-0.39, 0.29) is 11.6 Å². The third kappa shape index (κ3) is 3.82. The highest BCUT2D eigenvalue weighted by Gasteiger charge is 2.09. The third-order valence-electron chi connectivity index (χ3n) is 3.03. The topological polar surface area (TPSA) is 55.1 Å². The van der Waals surface area contributed by atoms with Crippen molar-refractivity contribution in [3.8, 4) is 0 Å². The largest absolute Gasteiger partial charge is 0.398 e. The maximum Gasteiger partial charge on any atom is 0.253 e. The summed E-state index contributed by atoms with van der Waals surface area (Å²) in [6.45, 7) is 0.560. The number of carbonyl (C=O) groups excluding carboxylic acids is 1. The van der Waals surface area contributed by atoms with Gasteiger partial charge in [-0.05, 0) is 36.6 Å². The summed E-state index contributed by atoms with van der Waals surface area (Å²) in [7, 11) is 0. The molecule has 0 fully saturated rings. The fourth-order valence-electron chi connectivity index (χ4n) is 1.97. The molecular weight excluding hydrogens is 255 g/mol. The molecule has 0 spiro atoms. The van der Waals surface area contributed by atoms with Gasteiger partial charge in [-0.25, -0.2) is 4.39 Å². The van der Waals surface area contributed by atoms with E-state index in [9.17, 15) is 9.18 Å². The van der Waals surface area contributed by atoms with Gasteiger partial charge < -0.3 is 11.1 Å². The normalized spacial score (nSPS) is 10.2. The molecule has 0 aliphatic heterocycles. The molecule has 104 valence electrons. The molecule has 0 atom stereocenters. The minimum atomic E-state index is -0.442. The van der Waals surface area contributed by atoms with Gasteiger partial charge in [-0.15, -0.1) is 0 Å². The number of nitrogens with one attached hydrogen (secondary N) is 1. The van der Waals surface area contributed by atoms with E-state index in [2.05, 4.69) is 17.4 Å².